The third-order valence-corrected chi connectivity index (χ3v) is 12.7. The Hall–Kier alpha value is -2.85. The summed E-state index contributed by atoms with van der Waals surface area (Å²) >= 11 is 6.35. The highest BCUT2D eigenvalue weighted by Gasteiger charge is 2.38. The van der Waals surface area contributed by atoms with Gasteiger partial charge in [0.15, 0.2) is 0 Å². The molecule has 2 N–H and O–H groups in total. The van der Waals surface area contributed by atoms with E-state index in [2.05, 4.69) is 29.2 Å². The van der Waals surface area contributed by atoms with E-state index in [1.54, 1.807) is 24.3 Å². The second-order valence-corrected chi connectivity index (χ2v) is 16.4. The van der Waals surface area contributed by atoms with Crippen LogP contribution in [0, 0.1) is 17.8 Å². The predicted octanol–water partition coefficient (Wildman–Crippen LogP) is 7.62. The zero-order valence-corrected chi connectivity index (χ0v) is 30.6. The van der Waals surface area contributed by atoms with Gasteiger partial charge in [-0.3, -0.25) is 4.79 Å². The van der Waals surface area contributed by atoms with Crippen molar-refractivity contribution in [1.82, 2.24) is 4.72 Å². The molecule has 2 aromatic rings. The number of allylic oxidation sites excluding steroid dienone is 2. The van der Waals surface area contributed by atoms with Gasteiger partial charge in [-0.15, -0.1) is 6.58 Å². The minimum Gasteiger partial charge on any atom is -0.487 e. The van der Waals surface area contributed by atoms with Gasteiger partial charge in [0.05, 0.1) is 23.1 Å². The Morgan fingerprint density at radius 2 is 1.98 bits per heavy atom. The Morgan fingerprint density at radius 1 is 1.16 bits per heavy atom. The van der Waals surface area contributed by atoms with Gasteiger partial charge in [-0.25, -0.2) is 13.1 Å². The van der Waals surface area contributed by atoms with Crippen LogP contribution < -0.4 is 14.4 Å². The number of amides is 1. The van der Waals surface area contributed by atoms with Crippen molar-refractivity contribution in [2.75, 3.05) is 24.6 Å². The molecular weight excluding hydrogens is 660 g/mol. The summed E-state index contributed by atoms with van der Waals surface area (Å²) in [5.74, 6) is 0.159. The summed E-state index contributed by atoms with van der Waals surface area (Å²) in [7, 11) is -4.02. The lowest BCUT2D eigenvalue weighted by atomic mass is 9.70. The number of nitrogens with one attached hydrogen (secondary N) is 1. The third kappa shape index (κ3) is 9.69. The van der Waals surface area contributed by atoms with E-state index in [0.717, 1.165) is 74.7 Å². The van der Waals surface area contributed by atoms with E-state index < -0.39 is 27.3 Å². The summed E-state index contributed by atoms with van der Waals surface area (Å²) in [5, 5.41) is 10.9. The van der Waals surface area contributed by atoms with Gasteiger partial charge in [0.2, 0.25) is 10.0 Å². The minimum atomic E-state index is -4.02. The van der Waals surface area contributed by atoms with Crippen LogP contribution in [-0.4, -0.2) is 56.6 Å². The molecule has 2 fully saturated rings. The van der Waals surface area contributed by atoms with Crippen LogP contribution in [0.1, 0.15) is 93.1 Å². The smallest absolute Gasteiger partial charge is 0.264 e. The summed E-state index contributed by atoms with van der Waals surface area (Å²) in [6.07, 6.45) is 13.4. The summed E-state index contributed by atoms with van der Waals surface area (Å²) in [6.45, 7) is 10.2. The molecule has 49 heavy (non-hydrogen) atoms. The van der Waals surface area contributed by atoms with Gasteiger partial charge in [-0.05, 0) is 117 Å². The number of benzene rings is 2. The van der Waals surface area contributed by atoms with Crippen molar-refractivity contribution in [2.24, 2.45) is 17.8 Å². The van der Waals surface area contributed by atoms with Crippen LogP contribution in [-0.2, 0) is 27.8 Å². The number of halogens is 1. The van der Waals surface area contributed by atoms with Crippen molar-refractivity contribution in [2.45, 2.75) is 102 Å². The van der Waals surface area contributed by atoms with Crippen molar-refractivity contribution >= 4 is 33.2 Å². The van der Waals surface area contributed by atoms with E-state index in [0.29, 0.717) is 43.4 Å². The van der Waals surface area contributed by atoms with Gasteiger partial charge >= 0.3 is 0 Å². The summed E-state index contributed by atoms with van der Waals surface area (Å²) in [6, 6.07) is 11.1. The number of anilines is 1. The molecule has 0 aromatic heterocycles. The highest BCUT2D eigenvalue weighted by atomic mass is 35.5. The van der Waals surface area contributed by atoms with Crippen LogP contribution in [0.2, 0.25) is 5.02 Å². The van der Waals surface area contributed by atoms with Gasteiger partial charge in [-0.2, -0.15) is 0 Å². The molecule has 1 saturated heterocycles. The van der Waals surface area contributed by atoms with E-state index in [4.69, 9.17) is 21.1 Å². The lowest BCUT2D eigenvalue weighted by Crippen LogP contribution is -2.45. The number of aliphatic hydroxyl groups is 1. The number of sulfonamides is 1. The van der Waals surface area contributed by atoms with Gasteiger partial charge in [-0.1, -0.05) is 56.2 Å². The first-order valence-electron chi connectivity index (χ1n) is 18.0. The maximum Gasteiger partial charge on any atom is 0.264 e. The third-order valence-electron chi connectivity index (χ3n) is 10.5. The number of hydrogen-bond donors (Lipinski definition) is 2. The summed E-state index contributed by atoms with van der Waals surface area (Å²) in [5.41, 5.74) is 3.23. The van der Waals surface area contributed by atoms with Gasteiger partial charge in [0.25, 0.3) is 5.91 Å². The summed E-state index contributed by atoms with van der Waals surface area (Å²) < 4.78 is 41.9. The molecule has 2 aliphatic heterocycles. The SMILES string of the molecule is C=CC[C@@H](C)[C@H](C[C@@H]1CCO1)S(=O)(=O)NC(=O)c1ccc2c(c1)N(C[C@@H]1CC[C@H]1[C@@H](O)/C=C/CCC)CCCCc1cc(Cl)ccc1CO2. The standard InChI is InChI=1S/C39H53ClN2O6S/c1-4-6-7-12-36(43)34-17-14-30(34)25-42-20-9-8-11-28-22-32(40)16-13-31(28)26-48-37-18-15-29(23-35(37)42)39(44)41-49(45,46)38(27(3)10-5-2)24-33-19-21-47-33/h5,7,12-13,15-16,18,22-23,27,30,33-34,36,38,43H,2,4,6,8-11,14,17,19-21,24-26H2,1,3H3,(H,41,44)/b12-7+/t27-,30+,33+,34-,36+,38+/m1/s1. The second-order valence-electron chi connectivity index (χ2n) is 14.0. The number of carbonyl (C=O) groups excluding carboxylic acids is 1. The van der Waals surface area contributed by atoms with E-state index in [9.17, 15) is 18.3 Å². The lowest BCUT2D eigenvalue weighted by molar-refractivity contribution is -0.0563. The number of rotatable bonds is 14. The molecule has 268 valence electrons. The molecule has 6 atom stereocenters. The zero-order chi connectivity index (χ0) is 35.0. The number of unbranched alkanes of at least 4 members (excludes halogenated alkanes) is 1. The van der Waals surface area contributed by atoms with Crippen LogP contribution >= 0.6 is 11.6 Å². The molecular formula is C39H53ClN2O6S. The molecule has 1 aliphatic carbocycles. The monoisotopic (exact) mass is 712 g/mol. The Kier molecular flexibility index (Phi) is 13.3. The molecule has 1 saturated carbocycles. The van der Waals surface area contributed by atoms with Crippen molar-refractivity contribution in [3.05, 3.63) is 82.9 Å². The molecule has 1 amide bonds. The van der Waals surface area contributed by atoms with Crippen LogP contribution in [0.5, 0.6) is 5.75 Å². The Morgan fingerprint density at radius 3 is 2.67 bits per heavy atom. The molecule has 0 radical (unpaired) electrons. The highest BCUT2D eigenvalue weighted by Crippen LogP contribution is 2.41. The average molecular weight is 713 g/mol. The zero-order valence-electron chi connectivity index (χ0n) is 29.0. The number of fused-ring (bicyclic) bond motifs is 2. The highest BCUT2D eigenvalue weighted by molar-refractivity contribution is 7.90. The molecule has 2 heterocycles. The number of ether oxygens (including phenoxy) is 2. The molecule has 0 unspecified atom stereocenters. The van der Waals surface area contributed by atoms with Gasteiger partial charge < -0.3 is 19.5 Å². The molecule has 10 heteroatoms. The van der Waals surface area contributed by atoms with Crippen molar-refractivity contribution in [1.29, 1.82) is 0 Å². The molecule has 2 aromatic carbocycles. The molecule has 0 bridgehead atoms. The molecule has 5 rings (SSSR count). The maximum absolute atomic E-state index is 13.7. The number of aliphatic hydroxyl groups excluding tert-OH is 1. The van der Waals surface area contributed by atoms with E-state index in [1.807, 2.05) is 31.2 Å². The fraction of sp³-hybridized carbons (Fsp3) is 0.564. The Bertz CT molecular complexity index is 1580. The van der Waals surface area contributed by atoms with Gasteiger partial charge in [0, 0.05) is 30.3 Å². The Labute approximate surface area is 298 Å². The minimum absolute atomic E-state index is 0.125. The van der Waals surface area contributed by atoms with E-state index in [1.165, 1.54) is 0 Å². The number of nitrogens with zero attached hydrogens (tertiary/aromatic N) is 1. The first-order valence-corrected chi connectivity index (χ1v) is 19.9. The number of carbonyl (C=O) groups is 1. The topological polar surface area (TPSA) is 105 Å². The van der Waals surface area contributed by atoms with Gasteiger partial charge in [0.1, 0.15) is 12.4 Å². The van der Waals surface area contributed by atoms with Crippen LogP contribution in [0.25, 0.3) is 0 Å². The normalized spacial score (nSPS) is 23.0. The first kappa shape index (κ1) is 37.4. The average Bonchev–Trinajstić information content (AvgIpc) is 3.05. The Balaban J connectivity index is 1.42. The molecule has 0 spiro atoms. The van der Waals surface area contributed by atoms with Crippen LogP contribution in [0.15, 0.2) is 61.2 Å². The fourth-order valence-corrected chi connectivity index (χ4v) is 9.16. The fourth-order valence-electron chi connectivity index (χ4n) is 7.25. The number of aryl methyl sites for hydroxylation is 1. The van der Waals surface area contributed by atoms with Crippen molar-refractivity contribution in [3.63, 3.8) is 0 Å². The van der Waals surface area contributed by atoms with Crippen molar-refractivity contribution < 1.29 is 27.8 Å². The quantitative estimate of drug-likeness (QED) is 0.194. The largest absolute Gasteiger partial charge is 0.487 e. The first-order chi connectivity index (χ1) is 23.6. The lowest BCUT2D eigenvalue weighted by Gasteiger charge is -2.42. The van der Waals surface area contributed by atoms with E-state index in [-0.39, 0.29) is 29.4 Å². The maximum atomic E-state index is 13.7. The number of hydrogen-bond acceptors (Lipinski definition) is 7. The van der Waals surface area contributed by atoms with Crippen LogP contribution in [0.4, 0.5) is 5.69 Å². The predicted molar refractivity (Wildman–Crippen MR) is 197 cm³/mol. The van der Waals surface area contributed by atoms with Crippen molar-refractivity contribution in [3.8, 4) is 5.75 Å². The second kappa shape index (κ2) is 17.4. The molecule has 8 nitrogen and oxygen atoms in total. The molecule has 3 aliphatic rings. The van der Waals surface area contributed by atoms with E-state index >= 15 is 0 Å². The summed E-state index contributed by atoms with van der Waals surface area (Å²) in [4.78, 5) is 16.0. The van der Waals surface area contributed by atoms with Crippen LogP contribution in [0.3, 0.4) is 0 Å².